The Morgan fingerprint density at radius 3 is 2.65 bits per heavy atom. The third kappa shape index (κ3) is 5.08. The molecule has 0 radical (unpaired) electrons. The number of nitrogens with zero attached hydrogens (tertiary/aromatic N) is 6. The molecule has 4 heterocycles. The van der Waals surface area contributed by atoms with E-state index in [4.69, 9.17) is 4.42 Å². The first-order chi connectivity index (χ1) is 17.7. The van der Waals surface area contributed by atoms with Gasteiger partial charge in [-0.25, -0.2) is 4.68 Å². The molecular formula is C28H31N7O2. The van der Waals surface area contributed by atoms with Gasteiger partial charge in [-0.3, -0.25) is 14.7 Å². The largest absolute Gasteiger partial charge is 0.468 e. The van der Waals surface area contributed by atoms with E-state index in [1.54, 1.807) is 17.1 Å². The maximum atomic E-state index is 13.7. The van der Waals surface area contributed by atoms with Crippen molar-refractivity contribution in [1.29, 1.82) is 0 Å². The molecule has 0 saturated heterocycles. The van der Waals surface area contributed by atoms with Crippen LogP contribution in [0.1, 0.15) is 60.7 Å². The summed E-state index contributed by atoms with van der Waals surface area (Å²) in [7, 11) is 0. The lowest BCUT2D eigenvalue weighted by Gasteiger charge is -2.32. The third-order valence-corrected chi connectivity index (χ3v) is 6.40. The molecule has 1 aromatic carbocycles. The van der Waals surface area contributed by atoms with Crippen molar-refractivity contribution in [3.63, 3.8) is 0 Å². The van der Waals surface area contributed by atoms with Crippen molar-refractivity contribution in [3.8, 4) is 0 Å². The second kappa shape index (κ2) is 9.74. The number of furan rings is 1. The molecule has 37 heavy (non-hydrogen) atoms. The van der Waals surface area contributed by atoms with Crippen molar-refractivity contribution in [2.45, 2.75) is 59.3 Å². The number of benzene rings is 1. The molecule has 1 unspecified atom stereocenters. The highest BCUT2D eigenvalue weighted by molar-refractivity contribution is 5.83. The Hall–Kier alpha value is -4.11. The molecule has 5 aromatic rings. The molecule has 0 fully saturated rings. The van der Waals surface area contributed by atoms with Gasteiger partial charge >= 0.3 is 0 Å². The molecule has 4 aromatic heterocycles. The summed E-state index contributed by atoms with van der Waals surface area (Å²) < 4.78 is 7.53. The maximum Gasteiger partial charge on any atom is 0.253 e. The van der Waals surface area contributed by atoms with Crippen LogP contribution in [0.3, 0.4) is 0 Å². The van der Waals surface area contributed by atoms with Gasteiger partial charge in [0.2, 0.25) is 0 Å². The van der Waals surface area contributed by atoms with Gasteiger partial charge in [0.1, 0.15) is 11.8 Å². The smallest absolute Gasteiger partial charge is 0.253 e. The maximum absolute atomic E-state index is 13.7. The Morgan fingerprint density at radius 1 is 1.11 bits per heavy atom. The van der Waals surface area contributed by atoms with E-state index in [-0.39, 0.29) is 5.56 Å². The first-order valence-electron chi connectivity index (χ1n) is 12.3. The molecule has 0 saturated carbocycles. The first-order valence-corrected chi connectivity index (χ1v) is 12.3. The van der Waals surface area contributed by atoms with Gasteiger partial charge in [-0.1, -0.05) is 17.7 Å². The van der Waals surface area contributed by atoms with Gasteiger partial charge in [-0.2, -0.15) is 0 Å². The Morgan fingerprint density at radius 2 is 1.95 bits per heavy atom. The van der Waals surface area contributed by atoms with Crippen LogP contribution in [0.25, 0.3) is 10.9 Å². The van der Waals surface area contributed by atoms with Gasteiger partial charge in [-0.15, -0.1) is 5.10 Å². The van der Waals surface area contributed by atoms with Crippen molar-refractivity contribution in [2.75, 3.05) is 0 Å². The summed E-state index contributed by atoms with van der Waals surface area (Å²) in [6.07, 6.45) is 5.23. The van der Waals surface area contributed by atoms with Gasteiger partial charge in [0.25, 0.3) is 5.56 Å². The minimum atomic E-state index is -0.562. The van der Waals surface area contributed by atoms with Gasteiger partial charge in [0.15, 0.2) is 5.82 Å². The van der Waals surface area contributed by atoms with Crippen LogP contribution in [-0.4, -0.2) is 35.1 Å². The first kappa shape index (κ1) is 24.6. The molecule has 0 aliphatic heterocycles. The van der Waals surface area contributed by atoms with E-state index >= 15 is 0 Å². The molecule has 0 aliphatic rings. The van der Waals surface area contributed by atoms with Crippen LogP contribution in [-0.2, 0) is 18.6 Å². The molecular weight excluding hydrogens is 466 g/mol. The molecule has 5 rings (SSSR count). The lowest BCUT2D eigenvalue weighted by molar-refractivity contribution is 0.171. The number of pyridine rings is 2. The Kier molecular flexibility index (Phi) is 6.47. The van der Waals surface area contributed by atoms with Crippen LogP contribution in [0.4, 0.5) is 0 Å². The highest BCUT2D eigenvalue weighted by Crippen LogP contribution is 2.32. The van der Waals surface area contributed by atoms with Crippen molar-refractivity contribution in [2.24, 2.45) is 0 Å². The van der Waals surface area contributed by atoms with Gasteiger partial charge < -0.3 is 9.40 Å². The zero-order chi connectivity index (χ0) is 26.2. The predicted molar refractivity (Wildman–Crippen MR) is 141 cm³/mol. The second-order valence-electron chi connectivity index (χ2n) is 10.5. The molecule has 1 atom stereocenters. The number of rotatable bonds is 7. The van der Waals surface area contributed by atoms with Crippen LogP contribution >= 0.6 is 0 Å². The number of H-pyrrole nitrogens is 1. The number of hydrogen-bond acceptors (Lipinski definition) is 7. The van der Waals surface area contributed by atoms with Crippen LogP contribution < -0.4 is 5.56 Å². The molecule has 0 spiro atoms. The molecule has 0 amide bonds. The fourth-order valence-electron chi connectivity index (χ4n) is 4.82. The monoisotopic (exact) mass is 497 g/mol. The summed E-state index contributed by atoms with van der Waals surface area (Å²) in [6, 6.07) is 13.3. The van der Waals surface area contributed by atoms with Crippen LogP contribution in [0.5, 0.6) is 0 Å². The van der Waals surface area contributed by atoms with Crippen LogP contribution in [0.15, 0.2) is 70.3 Å². The SMILES string of the molecule is Cc1cc(C)c2[nH]c(=O)c(C(c3nnnn3C(C)(C)C)N(Cc3cccnc3)Cc3ccco3)cc2c1. The fraction of sp³-hybridized carbons (Fsp3) is 0.321. The summed E-state index contributed by atoms with van der Waals surface area (Å²) in [4.78, 5) is 23.3. The molecule has 1 N–H and O–H groups in total. The lowest BCUT2D eigenvalue weighted by Crippen LogP contribution is -2.37. The number of aryl methyl sites for hydroxylation is 2. The summed E-state index contributed by atoms with van der Waals surface area (Å²) >= 11 is 0. The number of aromatic nitrogens is 6. The molecule has 0 aliphatic carbocycles. The lowest BCUT2D eigenvalue weighted by atomic mass is 9.99. The van der Waals surface area contributed by atoms with Crippen molar-refractivity contribution in [1.82, 2.24) is 35.1 Å². The zero-order valence-corrected chi connectivity index (χ0v) is 21.8. The molecule has 9 nitrogen and oxygen atoms in total. The van der Waals surface area contributed by atoms with Crippen molar-refractivity contribution in [3.05, 3.63) is 105 Å². The molecule has 0 bridgehead atoms. The van der Waals surface area contributed by atoms with Gasteiger partial charge in [0.05, 0.1) is 23.9 Å². The highest BCUT2D eigenvalue weighted by atomic mass is 16.3. The average Bonchev–Trinajstić information content (AvgIpc) is 3.53. The van der Waals surface area contributed by atoms with E-state index in [1.807, 2.05) is 64.2 Å². The Labute approximate surface area is 215 Å². The minimum Gasteiger partial charge on any atom is -0.468 e. The topological polar surface area (TPSA) is 106 Å². The average molecular weight is 498 g/mol. The number of nitrogens with one attached hydrogen (secondary N) is 1. The van der Waals surface area contributed by atoms with Gasteiger partial charge in [-0.05, 0) is 91.9 Å². The number of tetrazole rings is 1. The highest BCUT2D eigenvalue weighted by Gasteiger charge is 2.34. The summed E-state index contributed by atoms with van der Waals surface area (Å²) in [6.45, 7) is 11.1. The number of fused-ring (bicyclic) bond motifs is 1. The zero-order valence-electron chi connectivity index (χ0n) is 21.8. The standard InChI is InChI=1S/C28H31N7O2/c1-18-12-19(2)24-21(13-18)14-23(27(36)30-24)25(26-31-32-33-35(26)28(3,4)5)34(17-22-9-7-11-37-22)16-20-8-6-10-29-15-20/h6-15,25H,16-17H2,1-5H3,(H,30,36). The number of hydrogen-bond donors (Lipinski definition) is 1. The minimum absolute atomic E-state index is 0.177. The summed E-state index contributed by atoms with van der Waals surface area (Å²) in [5, 5.41) is 13.8. The second-order valence-corrected chi connectivity index (χ2v) is 10.5. The summed E-state index contributed by atoms with van der Waals surface area (Å²) in [5.41, 5.74) is 3.96. The van der Waals surface area contributed by atoms with Crippen LogP contribution in [0.2, 0.25) is 0 Å². The molecule has 190 valence electrons. The van der Waals surface area contributed by atoms with E-state index in [2.05, 4.69) is 49.4 Å². The quantitative estimate of drug-likeness (QED) is 0.348. The third-order valence-electron chi connectivity index (χ3n) is 6.40. The van der Waals surface area contributed by atoms with Crippen molar-refractivity contribution < 1.29 is 4.42 Å². The Bertz CT molecular complexity index is 1560. The van der Waals surface area contributed by atoms with E-state index in [0.29, 0.717) is 24.5 Å². The molecule has 9 heteroatoms. The number of aromatic amines is 1. The van der Waals surface area contributed by atoms with E-state index in [1.165, 1.54) is 0 Å². The van der Waals surface area contributed by atoms with Crippen molar-refractivity contribution >= 4 is 10.9 Å². The van der Waals surface area contributed by atoms with E-state index in [0.717, 1.165) is 33.4 Å². The van der Waals surface area contributed by atoms with E-state index < -0.39 is 11.6 Å². The Balaban J connectivity index is 1.75. The normalized spacial score (nSPS) is 12.9. The predicted octanol–water partition coefficient (Wildman–Crippen LogP) is 4.67. The van der Waals surface area contributed by atoms with E-state index in [9.17, 15) is 4.79 Å². The van der Waals surface area contributed by atoms with Gasteiger partial charge in [0, 0.05) is 24.5 Å². The van der Waals surface area contributed by atoms with Crippen LogP contribution in [0, 0.1) is 13.8 Å². The fourth-order valence-corrected chi connectivity index (χ4v) is 4.82. The summed E-state index contributed by atoms with van der Waals surface area (Å²) in [5.74, 6) is 1.35.